The zero-order chi connectivity index (χ0) is 22.5. The average Bonchev–Trinajstić information content (AvgIpc) is 2.78. The second-order valence-corrected chi connectivity index (χ2v) is 9.86. The van der Waals surface area contributed by atoms with Gasteiger partial charge in [-0.3, -0.25) is 4.79 Å². The molecule has 0 unspecified atom stereocenters. The van der Waals surface area contributed by atoms with Gasteiger partial charge in [0, 0.05) is 37.4 Å². The number of fused-ring (bicyclic) bond motifs is 4. The van der Waals surface area contributed by atoms with Crippen molar-refractivity contribution in [1.29, 1.82) is 0 Å². The van der Waals surface area contributed by atoms with Crippen molar-refractivity contribution in [2.75, 3.05) is 22.9 Å². The summed E-state index contributed by atoms with van der Waals surface area (Å²) >= 11 is 0. The van der Waals surface area contributed by atoms with Gasteiger partial charge >= 0.3 is 0 Å². The first-order chi connectivity index (χ1) is 15.4. The van der Waals surface area contributed by atoms with Crippen molar-refractivity contribution in [3.05, 3.63) is 77.5 Å². The second kappa shape index (κ2) is 7.81. The minimum absolute atomic E-state index is 0.0280. The Morgan fingerprint density at radius 1 is 0.906 bits per heavy atom. The Labute approximate surface area is 191 Å². The van der Waals surface area contributed by atoms with Crippen molar-refractivity contribution >= 4 is 33.5 Å². The molecule has 32 heavy (non-hydrogen) atoms. The van der Waals surface area contributed by atoms with Crippen LogP contribution in [-0.2, 0) is 11.3 Å². The predicted molar refractivity (Wildman–Crippen MR) is 135 cm³/mol. The summed E-state index contributed by atoms with van der Waals surface area (Å²) in [7, 11) is 0. The van der Waals surface area contributed by atoms with Gasteiger partial charge in [0.15, 0.2) is 5.78 Å². The molecule has 3 aromatic rings. The molecule has 1 aliphatic heterocycles. The van der Waals surface area contributed by atoms with Crippen LogP contribution >= 0.6 is 0 Å². The van der Waals surface area contributed by atoms with Gasteiger partial charge in [0.1, 0.15) is 0 Å². The van der Waals surface area contributed by atoms with Crippen molar-refractivity contribution in [1.82, 2.24) is 0 Å². The lowest BCUT2D eigenvalue weighted by Crippen LogP contribution is -2.38. The molecule has 0 N–H and O–H groups in total. The third kappa shape index (κ3) is 3.40. The molecule has 5 rings (SSSR count). The van der Waals surface area contributed by atoms with Crippen LogP contribution in [-0.4, -0.2) is 18.9 Å². The largest absolute Gasteiger partial charge is 0.372 e. The number of nitrogens with zero attached hydrogens (tertiary/aromatic N) is 2. The number of anilines is 2. The normalized spacial score (nSPS) is 17.4. The maximum Gasteiger partial charge on any atom is 0.180 e. The molecule has 0 atom stereocenters. The lowest BCUT2D eigenvalue weighted by atomic mass is 9.71. The van der Waals surface area contributed by atoms with Crippen molar-refractivity contribution in [3.8, 4) is 0 Å². The molecule has 0 saturated heterocycles. The summed E-state index contributed by atoms with van der Waals surface area (Å²) in [5.41, 5.74) is 7.02. The van der Waals surface area contributed by atoms with E-state index in [-0.39, 0.29) is 11.2 Å². The number of rotatable bonds is 4. The molecule has 0 bridgehead atoms. The Morgan fingerprint density at radius 3 is 2.34 bits per heavy atom. The van der Waals surface area contributed by atoms with Gasteiger partial charge in [-0.25, -0.2) is 0 Å². The van der Waals surface area contributed by atoms with Crippen LogP contribution in [0.2, 0.25) is 0 Å². The van der Waals surface area contributed by atoms with Gasteiger partial charge in [-0.05, 0) is 77.4 Å². The van der Waals surface area contributed by atoms with Crippen LogP contribution in [0.25, 0.3) is 16.3 Å². The summed E-state index contributed by atoms with van der Waals surface area (Å²) in [6.07, 6.45) is 1.52. The fourth-order valence-electron chi connectivity index (χ4n) is 5.54. The molecular weight excluding hydrogens is 392 g/mol. The van der Waals surface area contributed by atoms with E-state index in [1.165, 1.54) is 33.2 Å². The summed E-state index contributed by atoms with van der Waals surface area (Å²) < 4.78 is 0. The summed E-state index contributed by atoms with van der Waals surface area (Å²) in [5.74, 6) is 0.266. The molecule has 0 spiro atoms. The molecule has 0 aromatic heterocycles. The van der Waals surface area contributed by atoms with Crippen molar-refractivity contribution in [2.24, 2.45) is 5.41 Å². The van der Waals surface area contributed by atoms with Crippen LogP contribution in [0.3, 0.4) is 0 Å². The van der Waals surface area contributed by atoms with Gasteiger partial charge in [-0.15, -0.1) is 0 Å². The molecule has 1 aliphatic carbocycles. The van der Waals surface area contributed by atoms with E-state index in [1.54, 1.807) is 0 Å². The van der Waals surface area contributed by atoms with Gasteiger partial charge in [0.2, 0.25) is 0 Å². The molecule has 0 radical (unpaired) electrons. The Hall–Kier alpha value is -3.07. The molecule has 0 fully saturated rings. The van der Waals surface area contributed by atoms with E-state index in [1.807, 2.05) is 0 Å². The van der Waals surface area contributed by atoms with Crippen LogP contribution in [0.4, 0.5) is 11.4 Å². The fraction of sp³-hybridized carbons (Fsp3) is 0.345. The Kier molecular flexibility index (Phi) is 5.08. The maximum atomic E-state index is 13.5. The van der Waals surface area contributed by atoms with Crippen LogP contribution in [0, 0.1) is 5.41 Å². The molecule has 0 amide bonds. The Bertz CT molecular complexity index is 1220. The molecule has 3 heteroatoms. The van der Waals surface area contributed by atoms with Crippen molar-refractivity contribution in [3.63, 3.8) is 0 Å². The van der Waals surface area contributed by atoms with Crippen molar-refractivity contribution < 1.29 is 4.79 Å². The Balaban J connectivity index is 1.67. The lowest BCUT2D eigenvalue weighted by Gasteiger charge is -2.41. The summed E-state index contributed by atoms with van der Waals surface area (Å²) in [6.45, 7) is 11.5. The fourth-order valence-corrected chi connectivity index (χ4v) is 5.54. The minimum atomic E-state index is -0.0280. The summed E-state index contributed by atoms with van der Waals surface area (Å²) in [5, 5.41) is 2.51. The highest BCUT2D eigenvalue weighted by Gasteiger charge is 2.39. The molecule has 2 aliphatic rings. The Morgan fingerprint density at radius 2 is 1.62 bits per heavy atom. The maximum absolute atomic E-state index is 13.5. The third-order valence-electron chi connectivity index (χ3n) is 7.05. The number of hydrogen-bond donors (Lipinski definition) is 0. The number of hydrogen-bond acceptors (Lipinski definition) is 3. The number of benzene rings is 3. The molecule has 0 saturated carbocycles. The van der Waals surface area contributed by atoms with Crippen LogP contribution < -0.4 is 9.80 Å². The SMILES string of the molecule is CCN(CC)c1ccc(N2Cc3ccc4ccccc4c3C3=C2C(=O)CC(C)(C)C3)cc1. The number of carbonyl (C=O) groups excluding carboxylic acids is 1. The molecule has 3 aromatic carbocycles. The van der Waals surface area contributed by atoms with E-state index in [9.17, 15) is 4.79 Å². The van der Waals surface area contributed by atoms with E-state index >= 15 is 0 Å². The zero-order valence-corrected chi connectivity index (χ0v) is 19.6. The number of carbonyl (C=O) groups is 1. The van der Waals surface area contributed by atoms with Crippen LogP contribution in [0.5, 0.6) is 0 Å². The van der Waals surface area contributed by atoms with Crippen molar-refractivity contribution in [2.45, 2.75) is 47.1 Å². The highest BCUT2D eigenvalue weighted by Crippen LogP contribution is 2.48. The average molecular weight is 425 g/mol. The number of ketones is 1. The van der Waals surface area contributed by atoms with Crippen LogP contribution in [0.15, 0.2) is 66.4 Å². The van der Waals surface area contributed by atoms with E-state index < -0.39 is 0 Å². The highest BCUT2D eigenvalue weighted by atomic mass is 16.1. The number of Topliss-reactive ketones (excluding diaryl/α,β-unsaturated/α-hetero) is 1. The third-order valence-corrected chi connectivity index (χ3v) is 7.05. The first-order valence-corrected chi connectivity index (χ1v) is 11.8. The van der Waals surface area contributed by atoms with Gasteiger partial charge < -0.3 is 9.80 Å². The van der Waals surface area contributed by atoms with E-state index in [0.717, 1.165) is 37.4 Å². The number of allylic oxidation sites excluding steroid dienone is 2. The zero-order valence-electron chi connectivity index (χ0n) is 19.6. The van der Waals surface area contributed by atoms with E-state index in [0.29, 0.717) is 6.42 Å². The smallest absolute Gasteiger partial charge is 0.180 e. The molecular formula is C29H32N2O. The highest BCUT2D eigenvalue weighted by molar-refractivity contribution is 6.11. The lowest BCUT2D eigenvalue weighted by molar-refractivity contribution is -0.117. The standard InChI is InChI=1S/C29H32N2O/c1-5-30(6-2)22-13-15-23(16-14-22)31-19-21-12-11-20-9-7-8-10-24(20)27(21)25-17-29(3,4)18-26(32)28(25)31/h7-16H,5-6,17-19H2,1-4H3. The minimum Gasteiger partial charge on any atom is -0.372 e. The quantitative estimate of drug-likeness (QED) is 0.460. The summed E-state index contributed by atoms with van der Waals surface area (Å²) in [6, 6.07) is 21.8. The molecule has 1 heterocycles. The van der Waals surface area contributed by atoms with E-state index in [2.05, 4.69) is 98.2 Å². The van der Waals surface area contributed by atoms with Gasteiger partial charge in [-0.1, -0.05) is 50.2 Å². The van der Waals surface area contributed by atoms with Gasteiger partial charge in [0.05, 0.1) is 5.70 Å². The second-order valence-electron chi connectivity index (χ2n) is 9.86. The monoisotopic (exact) mass is 424 g/mol. The van der Waals surface area contributed by atoms with Gasteiger partial charge in [0.25, 0.3) is 0 Å². The summed E-state index contributed by atoms with van der Waals surface area (Å²) in [4.78, 5) is 18.1. The van der Waals surface area contributed by atoms with Gasteiger partial charge in [-0.2, -0.15) is 0 Å². The first kappa shape index (κ1) is 20.8. The predicted octanol–water partition coefficient (Wildman–Crippen LogP) is 6.81. The molecule has 3 nitrogen and oxygen atoms in total. The van der Waals surface area contributed by atoms with Crippen LogP contribution in [0.1, 0.15) is 51.7 Å². The first-order valence-electron chi connectivity index (χ1n) is 11.8. The molecule has 164 valence electrons. The topological polar surface area (TPSA) is 23.6 Å². The van der Waals surface area contributed by atoms with E-state index in [4.69, 9.17) is 0 Å².